The van der Waals surface area contributed by atoms with Gasteiger partial charge in [0.1, 0.15) is 5.75 Å². The van der Waals surface area contributed by atoms with Crippen LogP contribution in [0.25, 0.3) is 0 Å². The highest BCUT2D eigenvalue weighted by Crippen LogP contribution is 2.47. The fourth-order valence-electron chi connectivity index (χ4n) is 3.62. The number of ether oxygens (including phenoxy) is 1. The molecule has 0 N–H and O–H groups in total. The Balaban J connectivity index is 1.55. The van der Waals surface area contributed by atoms with Crippen LogP contribution in [0.3, 0.4) is 0 Å². The van der Waals surface area contributed by atoms with E-state index in [1.807, 2.05) is 6.07 Å². The molecule has 0 saturated heterocycles. The van der Waals surface area contributed by atoms with E-state index in [2.05, 4.69) is 42.5 Å². The molecule has 0 aromatic heterocycles. The molecule has 1 aliphatic heterocycles. The van der Waals surface area contributed by atoms with Gasteiger partial charge in [-0.15, -0.1) is 11.6 Å². The van der Waals surface area contributed by atoms with Gasteiger partial charge in [-0.25, -0.2) is 0 Å². The molecule has 0 saturated carbocycles. The van der Waals surface area contributed by atoms with Crippen molar-refractivity contribution >= 4 is 11.6 Å². The van der Waals surface area contributed by atoms with Crippen molar-refractivity contribution in [3.63, 3.8) is 0 Å². The van der Waals surface area contributed by atoms with Gasteiger partial charge in [0, 0.05) is 11.5 Å². The summed E-state index contributed by atoms with van der Waals surface area (Å²) in [6.45, 7) is 0.801. The zero-order chi connectivity index (χ0) is 13.5. The highest BCUT2D eigenvalue weighted by molar-refractivity contribution is 6.21. The van der Waals surface area contributed by atoms with Crippen LogP contribution in [-0.2, 0) is 6.42 Å². The molecule has 2 aromatic carbocycles. The second-order valence-electron chi connectivity index (χ2n) is 5.85. The van der Waals surface area contributed by atoms with Crippen molar-refractivity contribution in [3.05, 3.63) is 65.2 Å². The zero-order valence-corrected chi connectivity index (χ0v) is 12.0. The van der Waals surface area contributed by atoms with Crippen molar-refractivity contribution in [1.29, 1.82) is 0 Å². The Morgan fingerprint density at radius 3 is 2.60 bits per heavy atom. The van der Waals surface area contributed by atoms with Crippen LogP contribution >= 0.6 is 11.6 Å². The zero-order valence-electron chi connectivity index (χ0n) is 11.3. The average molecular weight is 285 g/mol. The highest BCUT2D eigenvalue weighted by atomic mass is 35.5. The fraction of sp³-hybridized carbons (Fsp3) is 0.333. The van der Waals surface area contributed by atoms with E-state index in [0.29, 0.717) is 11.8 Å². The van der Waals surface area contributed by atoms with Gasteiger partial charge in [-0.1, -0.05) is 42.5 Å². The second-order valence-corrected chi connectivity index (χ2v) is 6.32. The fourth-order valence-corrected chi connectivity index (χ4v) is 4.03. The summed E-state index contributed by atoms with van der Waals surface area (Å²) in [6, 6.07) is 17.0. The lowest BCUT2D eigenvalue weighted by Crippen LogP contribution is -2.11. The Labute approximate surface area is 124 Å². The Bertz CT molecular complexity index is 637. The van der Waals surface area contributed by atoms with Gasteiger partial charge in [-0.3, -0.25) is 0 Å². The van der Waals surface area contributed by atoms with Crippen LogP contribution in [0, 0.1) is 5.92 Å². The summed E-state index contributed by atoms with van der Waals surface area (Å²) in [7, 11) is 0. The molecule has 4 rings (SSSR count). The van der Waals surface area contributed by atoms with Gasteiger partial charge in [-0.05, 0) is 36.0 Å². The topological polar surface area (TPSA) is 9.23 Å². The van der Waals surface area contributed by atoms with E-state index in [-0.39, 0.29) is 5.38 Å². The number of benzene rings is 2. The highest BCUT2D eigenvalue weighted by Gasteiger charge is 2.35. The van der Waals surface area contributed by atoms with Gasteiger partial charge in [0.15, 0.2) is 0 Å². The maximum Gasteiger partial charge on any atom is 0.122 e. The first-order valence-electron chi connectivity index (χ1n) is 7.26. The number of fused-ring (bicyclic) bond motifs is 2. The van der Waals surface area contributed by atoms with Gasteiger partial charge < -0.3 is 4.74 Å². The molecular formula is C18H17ClO. The van der Waals surface area contributed by atoms with Gasteiger partial charge in [0.25, 0.3) is 0 Å². The molecule has 0 radical (unpaired) electrons. The molecule has 2 aliphatic rings. The number of halogens is 1. The van der Waals surface area contributed by atoms with E-state index >= 15 is 0 Å². The predicted molar refractivity (Wildman–Crippen MR) is 81.5 cm³/mol. The molecule has 1 aliphatic carbocycles. The van der Waals surface area contributed by atoms with Crippen LogP contribution in [0.5, 0.6) is 5.75 Å². The van der Waals surface area contributed by atoms with Crippen LogP contribution in [0.4, 0.5) is 0 Å². The SMILES string of the molecule is ClC1c2ccccc2CC1CC1COc2ccccc21. The number of rotatable bonds is 2. The molecule has 2 heteroatoms. The summed E-state index contributed by atoms with van der Waals surface area (Å²) in [5.41, 5.74) is 4.10. The van der Waals surface area contributed by atoms with Gasteiger partial charge >= 0.3 is 0 Å². The lowest BCUT2D eigenvalue weighted by atomic mass is 9.88. The lowest BCUT2D eigenvalue weighted by molar-refractivity contribution is 0.306. The number of para-hydroxylation sites is 1. The Morgan fingerprint density at radius 1 is 1.00 bits per heavy atom. The Morgan fingerprint density at radius 2 is 1.75 bits per heavy atom. The summed E-state index contributed by atoms with van der Waals surface area (Å²) in [5, 5.41) is 0.152. The van der Waals surface area contributed by atoms with E-state index in [1.165, 1.54) is 16.7 Å². The van der Waals surface area contributed by atoms with Crippen molar-refractivity contribution in [3.8, 4) is 5.75 Å². The number of hydrogen-bond acceptors (Lipinski definition) is 1. The quantitative estimate of drug-likeness (QED) is 0.726. The first kappa shape index (κ1) is 12.3. The van der Waals surface area contributed by atoms with E-state index in [9.17, 15) is 0 Å². The molecule has 1 heterocycles. The van der Waals surface area contributed by atoms with E-state index < -0.39 is 0 Å². The molecule has 3 unspecified atom stereocenters. The average Bonchev–Trinajstić information content (AvgIpc) is 3.03. The molecule has 20 heavy (non-hydrogen) atoms. The molecule has 0 amide bonds. The largest absolute Gasteiger partial charge is 0.493 e. The van der Waals surface area contributed by atoms with Crippen LogP contribution in [-0.4, -0.2) is 6.61 Å². The van der Waals surface area contributed by atoms with Crippen molar-refractivity contribution in [2.24, 2.45) is 5.92 Å². The normalized spacial score (nSPS) is 26.9. The monoisotopic (exact) mass is 284 g/mol. The molecular weight excluding hydrogens is 268 g/mol. The molecule has 0 fully saturated rings. The van der Waals surface area contributed by atoms with Gasteiger partial charge in [-0.2, -0.15) is 0 Å². The summed E-state index contributed by atoms with van der Waals surface area (Å²) < 4.78 is 5.79. The Kier molecular flexibility index (Phi) is 2.96. The number of hydrogen-bond donors (Lipinski definition) is 0. The molecule has 2 aromatic rings. The summed E-state index contributed by atoms with van der Waals surface area (Å²) in [6.07, 6.45) is 2.21. The Hall–Kier alpha value is -1.47. The van der Waals surface area contributed by atoms with Crippen molar-refractivity contribution < 1.29 is 4.74 Å². The third-order valence-electron chi connectivity index (χ3n) is 4.63. The summed E-state index contributed by atoms with van der Waals surface area (Å²) in [4.78, 5) is 0. The molecule has 3 atom stereocenters. The predicted octanol–water partition coefficient (Wildman–Crippen LogP) is 4.71. The molecule has 102 valence electrons. The van der Waals surface area contributed by atoms with Crippen LogP contribution in [0.1, 0.15) is 34.4 Å². The van der Waals surface area contributed by atoms with Crippen LogP contribution in [0.15, 0.2) is 48.5 Å². The summed E-state index contributed by atoms with van der Waals surface area (Å²) in [5.74, 6) is 2.07. The van der Waals surface area contributed by atoms with Crippen LogP contribution in [0.2, 0.25) is 0 Å². The van der Waals surface area contributed by atoms with Crippen molar-refractivity contribution in [1.82, 2.24) is 0 Å². The van der Waals surface area contributed by atoms with Gasteiger partial charge in [0.2, 0.25) is 0 Å². The number of alkyl halides is 1. The molecule has 0 spiro atoms. The minimum Gasteiger partial charge on any atom is -0.493 e. The van der Waals surface area contributed by atoms with Crippen molar-refractivity contribution in [2.45, 2.75) is 24.1 Å². The third-order valence-corrected chi connectivity index (χ3v) is 5.23. The van der Waals surface area contributed by atoms with E-state index in [1.54, 1.807) is 0 Å². The van der Waals surface area contributed by atoms with E-state index in [4.69, 9.17) is 16.3 Å². The first-order valence-corrected chi connectivity index (χ1v) is 7.70. The third kappa shape index (κ3) is 1.92. The molecule has 0 bridgehead atoms. The van der Waals surface area contributed by atoms with Gasteiger partial charge in [0.05, 0.1) is 12.0 Å². The minimum atomic E-state index is 0.152. The van der Waals surface area contributed by atoms with Crippen LogP contribution < -0.4 is 4.74 Å². The van der Waals surface area contributed by atoms with E-state index in [0.717, 1.165) is 25.2 Å². The van der Waals surface area contributed by atoms with Crippen molar-refractivity contribution in [2.75, 3.05) is 6.61 Å². The summed E-state index contributed by atoms with van der Waals surface area (Å²) >= 11 is 6.67. The maximum absolute atomic E-state index is 6.67. The minimum absolute atomic E-state index is 0.152. The first-order chi connectivity index (χ1) is 9.83. The maximum atomic E-state index is 6.67. The molecule has 1 nitrogen and oxygen atoms in total. The smallest absolute Gasteiger partial charge is 0.122 e. The standard InChI is InChI=1S/C18H17ClO/c19-18-13(9-12-5-1-2-7-16(12)18)10-14-11-20-17-8-4-3-6-15(14)17/h1-8,13-14,18H,9-11H2. The lowest BCUT2D eigenvalue weighted by Gasteiger charge is -2.18. The second kappa shape index (κ2) is 4.82.